The van der Waals surface area contributed by atoms with E-state index in [1.165, 1.54) is 0 Å². The van der Waals surface area contributed by atoms with Crippen molar-refractivity contribution >= 4 is 454 Å². The zero-order chi connectivity index (χ0) is 58.4. The third-order valence-corrected chi connectivity index (χ3v) is 15.3. The molecule has 0 aliphatic heterocycles. The zero-order valence-electron chi connectivity index (χ0n) is 41.7. The van der Waals surface area contributed by atoms with Gasteiger partial charge in [0.05, 0.1) is 0 Å². The second-order valence-corrected chi connectivity index (χ2v) is 19.2. The summed E-state index contributed by atoms with van der Waals surface area (Å²) < 4.78 is 6.47. The first kappa shape index (κ1) is 57.7. The molecule has 79 heavy (non-hydrogen) atoms. The molecule has 0 saturated heterocycles. The van der Waals surface area contributed by atoms with E-state index in [-0.39, 0.29) is 263 Å². The molecular formula is C48B30O. The average molecular weight is 917 g/mol. The highest BCUT2D eigenvalue weighted by Crippen LogP contribution is 2.40. The fraction of sp³-hybridized carbons (Fsp3) is 0. The Hall–Kier alpha value is -4.49. The van der Waals surface area contributed by atoms with E-state index in [2.05, 4.69) is 0 Å². The molecule has 31 heteroatoms. The number of rotatable bonds is 4. The summed E-state index contributed by atoms with van der Waals surface area (Å²) in [7, 11) is 203. The SMILES string of the molecule is [B]c1c([B])c([B])c(-c2c([B])c([B])c(-c3c([B])c([B])c(-c4c5c([B])c([B])c([B])c([B])c5c(-c5c([B])c([B])c6oc7c8c([B])c([B])c([B])c([B])c8c([B])c([B])c7c6c5[B])c5c([B])c([B])c([B])c([B])c45)c([B])c3[B])c([B])c2[B])c([B])c1[B]. The second kappa shape index (κ2) is 19.6. The summed E-state index contributed by atoms with van der Waals surface area (Å²) in [4.78, 5) is 0. The predicted molar refractivity (Wildman–Crippen MR) is 370 cm³/mol. The molecule has 1 aromatic heterocycles. The number of hydrogen-bond acceptors (Lipinski definition) is 1. The van der Waals surface area contributed by atoms with Crippen molar-refractivity contribution in [2.75, 3.05) is 0 Å². The molecule has 0 atom stereocenters. The molecule has 0 saturated carbocycles. The predicted octanol–water partition coefficient (Wildman–Crippen LogP) is -22.5. The van der Waals surface area contributed by atoms with E-state index >= 15 is 0 Å². The summed E-state index contributed by atoms with van der Waals surface area (Å²) in [5.41, 5.74) is -5.96. The molecule has 0 aliphatic rings. The third kappa shape index (κ3) is 7.52. The molecule has 10 aromatic rings. The molecule has 0 N–H and O–H groups in total. The molecule has 1 heterocycles. The normalized spacial score (nSPS) is 11.8. The maximum atomic E-state index is 7.35. The van der Waals surface area contributed by atoms with E-state index in [1.54, 1.807) is 0 Å². The lowest BCUT2D eigenvalue weighted by Crippen LogP contribution is -2.57. The van der Waals surface area contributed by atoms with Crippen LogP contribution in [0.1, 0.15) is 0 Å². The minimum Gasteiger partial charge on any atom is -0.456 e. The standard InChI is InChI=1S/C48B30O/c49-17-7(34(66)46(78)48-15(17)16-35(67)30(62)13-14(47(16)79-48)36(68)44(76)41(73)33(13)65)1-3-5(20(52)39(71)37(69)18(3)50)2(6-4(1)19(51)38(70)40(72)21(6)53)8-22(54)24(56)9(25(57)23(8)55)10-26(58)28(60)11(29(61)27(10)59)12-31(63)42(74)45(77)43(75)32(12)64. The molecule has 10 rings (SSSR count). The number of furan rings is 1. The highest BCUT2D eigenvalue weighted by molar-refractivity contribution is 6.77. The van der Waals surface area contributed by atoms with Crippen LogP contribution in [-0.4, -0.2) is 235 Å². The van der Waals surface area contributed by atoms with E-state index in [0.717, 1.165) is 0 Å². The first-order chi connectivity index (χ1) is 36.8. The second-order valence-electron chi connectivity index (χ2n) is 19.2. The van der Waals surface area contributed by atoms with Crippen LogP contribution in [0.5, 0.6) is 0 Å². The van der Waals surface area contributed by atoms with E-state index < -0.39 is 0 Å². The van der Waals surface area contributed by atoms with Gasteiger partial charge >= 0.3 is 0 Å². The third-order valence-electron chi connectivity index (χ3n) is 15.3. The fourth-order valence-electron chi connectivity index (χ4n) is 11.0. The van der Waals surface area contributed by atoms with Crippen molar-refractivity contribution in [2.45, 2.75) is 0 Å². The summed E-state index contributed by atoms with van der Waals surface area (Å²) in [6, 6.07) is 0. The van der Waals surface area contributed by atoms with Gasteiger partial charge in [-0.05, 0) is 71.4 Å². The van der Waals surface area contributed by atoms with Crippen LogP contribution in [0, 0.1) is 0 Å². The van der Waals surface area contributed by atoms with Gasteiger partial charge in [-0.2, -0.15) is 0 Å². The first-order valence-electron chi connectivity index (χ1n) is 23.1. The van der Waals surface area contributed by atoms with Crippen molar-refractivity contribution in [3.05, 3.63) is 0 Å². The Kier molecular flexibility index (Phi) is 14.3. The topological polar surface area (TPSA) is 13.1 Å². The molecule has 9 aromatic carbocycles. The Balaban J connectivity index is 1.39. The minimum atomic E-state index is -0.302. The summed E-state index contributed by atoms with van der Waals surface area (Å²) in [6.45, 7) is 0. The Morgan fingerprint density at radius 3 is 0.595 bits per heavy atom. The number of hydrogen-bond donors (Lipinski definition) is 0. The lowest BCUT2D eigenvalue weighted by molar-refractivity contribution is 0.676. The zero-order valence-corrected chi connectivity index (χ0v) is 41.7. The van der Waals surface area contributed by atoms with Crippen LogP contribution in [-0.2, 0) is 0 Å². The maximum absolute atomic E-state index is 7.35. The summed E-state index contributed by atoms with van der Waals surface area (Å²) >= 11 is 0. The number of fused-ring (bicyclic) bond motifs is 7. The van der Waals surface area contributed by atoms with Crippen molar-refractivity contribution in [3.63, 3.8) is 0 Å². The Morgan fingerprint density at radius 2 is 0.278 bits per heavy atom. The maximum Gasteiger partial charge on any atom is 0.141 e. The van der Waals surface area contributed by atoms with Gasteiger partial charge in [0.15, 0.2) is 0 Å². The summed E-state index contributed by atoms with van der Waals surface area (Å²) in [6.07, 6.45) is 0. The van der Waals surface area contributed by atoms with Gasteiger partial charge in [-0.3, -0.25) is 0 Å². The molecule has 1 nitrogen and oxygen atoms in total. The van der Waals surface area contributed by atoms with Crippen LogP contribution < -0.4 is 164 Å². The van der Waals surface area contributed by atoms with Gasteiger partial charge in [0.1, 0.15) is 247 Å². The Morgan fingerprint density at radius 1 is 0.114 bits per heavy atom. The molecule has 288 valence electrons. The van der Waals surface area contributed by atoms with E-state index in [1.807, 2.05) is 0 Å². The molecule has 0 unspecified atom stereocenters. The van der Waals surface area contributed by atoms with Crippen LogP contribution >= 0.6 is 0 Å². The van der Waals surface area contributed by atoms with Crippen molar-refractivity contribution in [2.24, 2.45) is 0 Å². The van der Waals surface area contributed by atoms with E-state index in [9.17, 15) is 0 Å². The van der Waals surface area contributed by atoms with Gasteiger partial charge in [0, 0.05) is 16.2 Å². The average Bonchev–Trinajstić information content (AvgIpc) is 3.72. The fourth-order valence-corrected chi connectivity index (χ4v) is 11.0. The van der Waals surface area contributed by atoms with Gasteiger partial charge in [0.2, 0.25) is 0 Å². The Labute approximate surface area is 498 Å². The van der Waals surface area contributed by atoms with Crippen molar-refractivity contribution < 1.29 is 4.42 Å². The van der Waals surface area contributed by atoms with Crippen LogP contribution in [0.15, 0.2) is 4.42 Å². The minimum absolute atomic E-state index is 0.00529. The van der Waals surface area contributed by atoms with E-state index in [4.69, 9.17) is 240 Å². The van der Waals surface area contributed by atoms with Gasteiger partial charge in [-0.1, -0.05) is 115 Å². The first-order valence-corrected chi connectivity index (χ1v) is 23.1. The van der Waals surface area contributed by atoms with Crippen LogP contribution in [0.25, 0.3) is 98.8 Å². The van der Waals surface area contributed by atoms with Gasteiger partial charge in [0.25, 0.3) is 0 Å². The molecule has 0 amide bonds. The molecule has 60 radical (unpaired) electrons. The quantitative estimate of drug-likeness (QED) is 0.127. The lowest BCUT2D eigenvalue weighted by atomic mass is 9.54. The largest absolute Gasteiger partial charge is 0.456 e. The van der Waals surface area contributed by atoms with Gasteiger partial charge < -0.3 is 4.42 Å². The van der Waals surface area contributed by atoms with E-state index in [0.29, 0.717) is 0 Å². The molecule has 0 aliphatic carbocycles. The van der Waals surface area contributed by atoms with Gasteiger partial charge in [-0.25, -0.2) is 0 Å². The Bertz CT molecular complexity index is 4430. The summed E-state index contributed by atoms with van der Waals surface area (Å²) in [5.74, 6) is 0. The van der Waals surface area contributed by atoms with Gasteiger partial charge in [-0.15, -0.1) is 49.2 Å². The molecule has 0 fully saturated rings. The summed E-state index contributed by atoms with van der Waals surface area (Å²) in [5, 5.41) is 0.264. The van der Waals surface area contributed by atoms with Crippen LogP contribution in [0.2, 0.25) is 0 Å². The van der Waals surface area contributed by atoms with Crippen LogP contribution in [0.3, 0.4) is 0 Å². The lowest BCUT2D eigenvalue weighted by Gasteiger charge is -2.33. The highest BCUT2D eigenvalue weighted by Gasteiger charge is 2.32. The monoisotopic (exact) mass is 922 g/mol. The van der Waals surface area contributed by atoms with Crippen molar-refractivity contribution in [1.29, 1.82) is 0 Å². The van der Waals surface area contributed by atoms with Crippen molar-refractivity contribution in [3.8, 4) is 44.5 Å². The molecule has 0 spiro atoms. The van der Waals surface area contributed by atoms with Crippen molar-refractivity contribution in [1.82, 2.24) is 0 Å². The molecule has 0 bridgehead atoms. The smallest absolute Gasteiger partial charge is 0.141 e. The number of benzene rings is 9. The highest BCUT2D eigenvalue weighted by atomic mass is 16.3. The molecular weight excluding hydrogens is 917 g/mol. The van der Waals surface area contributed by atoms with Crippen LogP contribution in [0.4, 0.5) is 0 Å².